The third-order valence-corrected chi connectivity index (χ3v) is 4.45. The second-order valence-corrected chi connectivity index (χ2v) is 6.51. The Labute approximate surface area is 166 Å². The van der Waals surface area contributed by atoms with E-state index in [-0.39, 0.29) is 0 Å². The number of hydrogen-bond donors (Lipinski definition) is 0. The van der Waals surface area contributed by atoms with E-state index in [1.165, 1.54) is 0 Å². The predicted molar refractivity (Wildman–Crippen MR) is 112 cm³/mol. The molecule has 4 aromatic rings. The van der Waals surface area contributed by atoms with Crippen molar-refractivity contribution in [1.82, 2.24) is 0 Å². The van der Waals surface area contributed by atoms with Crippen molar-refractivity contribution >= 4 is 0 Å². The number of hydrogen-bond acceptors (Lipinski definition) is 2. The summed E-state index contributed by atoms with van der Waals surface area (Å²) < 4.78 is 11.7. The minimum atomic E-state index is 0.557. The molecule has 1 radical (unpaired) electrons. The van der Waals surface area contributed by atoms with Crippen LogP contribution in [0.15, 0.2) is 103 Å². The molecule has 0 amide bonds. The highest BCUT2D eigenvalue weighted by atomic mass is 16.5. The normalized spacial score (nSPS) is 10.4. The van der Waals surface area contributed by atoms with Crippen LogP contribution in [-0.2, 0) is 13.2 Å². The fourth-order valence-electron chi connectivity index (χ4n) is 2.89. The minimum absolute atomic E-state index is 0.557. The zero-order valence-electron chi connectivity index (χ0n) is 15.5. The van der Waals surface area contributed by atoms with Crippen molar-refractivity contribution in [3.8, 4) is 22.6 Å². The van der Waals surface area contributed by atoms with Crippen molar-refractivity contribution in [2.75, 3.05) is 0 Å². The lowest BCUT2D eigenvalue weighted by atomic mass is 10.1. The molecule has 0 fully saturated rings. The molecule has 0 aliphatic heterocycles. The molecule has 0 heterocycles. The van der Waals surface area contributed by atoms with Crippen LogP contribution in [0.5, 0.6) is 11.5 Å². The SMILES string of the molecule is [c]1cc(OCc2ccccc2)ccc1-c1ccc(OCc2ccccc2)cc1. The van der Waals surface area contributed by atoms with E-state index in [0.717, 1.165) is 33.8 Å². The quantitative estimate of drug-likeness (QED) is 0.382. The molecule has 4 aromatic carbocycles. The van der Waals surface area contributed by atoms with Crippen molar-refractivity contribution in [3.63, 3.8) is 0 Å². The summed E-state index contributed by atoms with van der Waals surface area (Å²) in [5.74, 6) is 1.67. The van der Waals surface area contributed by atoms with Gasteiger partial charge in [-0.25, -0.2) is 0 Å². The summed E-state index contributed by atoms with van der Waals surface area (Å²) in [7, 11) is 0. The topological polar surface area (TPSA) is 18.5 Å². The Hall–Kier alpha value is -3.52. The monoisotopic (exact) mass is 365 g/mol. The van der Waals surface area contributed by atoms with Crippen LogP contribution in [0.3, 0.4) is 0 Å². The molecule has 0 aliphatic rings. The van der Waals surface area contributed by atoms with Crippen LogP contribution in [0.4, 0.5) is 0 Å². The molecule has 0 bridgehead atoms. The molecular formula is C26H21O2. The van der Waals surface area contributed by atoms with Crippen LogP contribution >= 0.6 is 0 Å². The Bertz CT molecular complexity index is 891. The van der Waals surface area contributed by atoms with Crippen LogP contribution in [-0.4, -0.2) is 0 Å². The van der Waals surface area contributed by atoms with Crippen molar-refractivity contribution < 1.29 is 9.47 Å². The highest BCUT2D eigenvalue weighted by molar-refractivity contribution is 5.64. The molecule has 0 saturated carbocycles. The lowest BCUT2D eigenvalue weighted by Crippen LogP contribution is -1.95. The molecule has 28 heavy (non-hydrogen) atoms. The van der Waals surface area contributed by atoms with Crippen LogP contribution in [0, 0.1) is 6.07 Å². The lowest BCUT2D eigenvalue weighted by molar-refractivity contribution is 0.306. The molecule has 0 saturated heterocycles. The Morgan fingerprint density at radius 3 is 1.61 bits per heavy atom. The maximum atomic E-state index is 5.85. The van der Waals surface area contributed by atoms with E-state index in [0.29, 0.717) is 13.2 Å². The van der Waals surface area contributed by atoms with E-state index >= 15 is 0 Å². The second kappa shape index (κ2) is 8.92. The van der Waals surface area contributed by atoms with E-state index in [4.69, 9.17) is 9.47 Å². The molecule has 0 aliphatic carbocycles. The van der Waals surface area contributed by atoms with E-state index in [1.807, 2.05) is 66.7 Å². The van der Waals surface area contributed by atoms with E-state index < -0.39 is 0 Å². The molecule has 0 spiro atoms. The first kappa shape index (κ1) is 17.9. The molecular weight excluding hydrogens is 344 g/mol. The summed E-state index contributed by atoms with van der Waals surface area (Å²) in [6.45, 7) is 1.13. The Morgan fingerprint density at radius 2 is 1.07 bits per heavy atom. The standard InChI is InChI=1S/C26H21O2/c1-3-7-21(8-4-1)19-27-25-15-11-23(12-16-25)24-13-17-26(18-14-24)28-20-22-9-5-2-6-10-22/h1-13,15-18H,19-20H2. The van der Waals surface area contributed by atoms with Gasteiger partial charge in [-0.3, -0.25) is 0 Å². The number of rotatable bonds is 7. The van der Waals surface area contributed by atoms with E-state index in [1.54, 1.807) is 0 Å². The molecule has 2 heteroatoms. The summed E-state index contributed by atoms with van der Waals surface area (Å²) in [6.07, 6.45) is 0. The van der Waals surface area contributed by atoms with Gasteiger partial charge in [0.1, 0.15) is 24.7 Å². The van der Waals surface area contributed by atoms with Gasteiger partial charge in [0, 0.05) is 0 Å². The first-order chi connectivity index (χ1) is 13.9. The van der Waals surface area contributed by atoms with Gasteiger partial charge >= 0.3 is 0 Å². The predicted octanol–water partition coefficient (Wildman–Crippen LogP) is 6.31. The largest absolute Gasteiger partial charge is 0.489 e. The summed E-state index contributed by atoms with van der Waals surface area (Å²) in [5.41, 5.74) is 4.44. The van der Waals surface area contributed by atoms with Gasteiger partial charge in [0.25, 0.3) is 0 Å². The van der Waals surface area contributed by atoms with Gasteiger partial charge in [-0.15, -0.1) is 0 Å². The van der Waals surface area contributed by atoms with Crippen LogP contribution < -0.4 is 9.47 Å². The molecule has 0 atom stereocenters. The average Bonchev–Trinajstić information content (AvgIpc) is 2.78. The van der Waals surface area contributed by atoms with Crippen molar-refractivity contribution in [1.29, 1.82) is 0 Å². The number of ether oxygens (including phenoxy) is 2. The lowest BCUT2D eigenvalue weighted by Gasteiger charge is -2.09. The van der Waals surface area contributed by atoms with Gasteiger partial charge in [-0.2, -0.15) is 0 Å². The maximum absolute atomic E-state index is 5.85. The van der Waals surface area contributed by atoms with Gasteiger partial charge in [0.05, 0.1) is 0 Å². The summed E-state index contributed by atoms with van der Waals surface area (Å²) in [6, 6.07) is 37.6. The highest BCUT2D eigenvalue weighted by Crippen LogP contribution is 2.25. The van der Waals surface area contributed by atoms with E-state index in [2.05, 4.69) is 42.5 Å². The van der Waals surface area contributed by atoms with Crippen molar-refractivity contribution in [2.24, 2.45) is 0 Å². The van der Waals surface area contributed by atoms with E-state index in [9.17, 15) is 0 Å². The fourth-order valence-corrected chi connectivity index (χ4v) is 2.89. The van der Waals surface area contributed by atoms with Gasteiger partial charge < -0.3 is 9.47 Å². The summed E-state index contributed by atoms with van der Waals surface area (Å²) >= 11 is 0. The third kappa shape index (κ3) is 4.80. The molecule has 2 nitrogen and oxygen atoms in total. The summed E-state index contributed by atoms with van der Waals surface area (Å²) in [4.78, 5) is 0. The fraction of sp³-hybridized carbons (Fsp3) is 0.0769. The Kier molecular flexibility index (Phi) is 5.69. The molecule has 4 rings (SSSR count). The van der Waals surface area contributed by atoms with Gasteiger partial charge in [-0.1, -0.05) is 78.9 Å². The average molecular weight is 365 g/mol. The first-order valence-electron chi connectivity index (χ1n) is 9.32. The molecule has 137 valence electrons. The number of benzene rings is 4. The van der Waals surface area contributed by atoms with Crippen molar-refractivity contribution in [2.45, 2.75) is 13.2 Å². The highest BCUT2D eigenvalue weighted by Gasteiger charge is 2.02. The first-order valence-corrected chi connectivity index (χ1v) is 9.32. The second-order valence-electron chi connectivity index (χ2n) is 6.51. The van der Waals surface area contributed by atoms with Crippen LogP contribution in [0.1, 0.15) is 11.1 Å². The molecule has 0 N–H and O–H groups in total. The zero-order chi connectivity index (χ0) is 19.0. The van der Waals surface area contributed by atoms with Crippen molar-refractivity contribution in [3.05, 3.63) is 120 Å². The maximum Gasteiger partial charge on any atom is 0.120 e. The van der Waals surface area contributed by atoms with Gasteiger partial charge in [0.2, 0.25) is 0 Å². The van der Waals surface area contributed by atoms with Gasteiger partial charge in [-0.05, 0) is 52.6 Å². The minimum Gasteiger partial charge on any atom is -0.489 e. The van der Waals surface area contributed by atoms with Crippen LogP contribution in [0.2, 0.25) is 0 Å². The van der Waals surface area contributed by atoms with Crippen LogP contribution in [0.25, 0.3) is 11.1 Å². The Morgan fingerprint density at radius 1 is 0.536 bits per heavy atom. The zero-order valence-corrected chi connectivity index (χ0v) is 15.5. The molecule has 0 unspecified atom stereocenters. The smallest absolute Gasteiger partial charge is 0.120 e. The molecule has 0 aromatic heterocycles. The Balaban J connectivity index is 1.34. The summed E-state index contributed by atoms with van der Waals surface area (Å²) in [5, 5.41) is 0. The van der Waals surface area contributed by atoms with Gasteiger partial charge in [0.15, 0.2) is 0 Å². The third-order valence-electron chi connectivity index (χ3n) is 4.45.